The standard InChI is InChI=1S/C17H13BrN4OS/c1-19-17-15(13-8-10(18)9-24-13)21-14(12-5-3-7-23-12)11-4-2-6-20-16(11)22-17/h2-9,15H,1H3,(H,19,20,22). The summed E-state index contributed by atoms with van der Waals surface area (Å²) in [5.41, 5.74) is 1.66. The molecule has 0 saturated carbocycles. The van der Waals surface area contributed by atoms with Gasteiger partial charge < -0.3 is 9.73 Å². The first-order chi connectivity index (χ1) is 11.8. The molecule has 0 aliphatic carbocycles. The molecule has 1 atom stereocenters. The summed E-state index contributed by atoms with van der Waals surface area (Å²) in [7, 11) is 1.76. The van der Waals surface area contributed by atoms with E-state index in [1.165, 1.54) is 0 Å². The molecule has 24 heavy (non-hydrogen) atoms. The molecule has 0 saturated heterocycles. The zero-order valence-corrected chi connectivity index (χ0v) is 15.1. The number of aliphatic imine (C=N–C) groups is 2. The van der Waals surface area contributed by atoms with Gasteiger partial charge in [-0.15, -0.1) is 11.3 Å². The van der Waals surface area contributed by atoms with Crippen LogP contribution in [0.4, 0.5) is 5.82 Å². The van der Waals surface area contributed by atoms with E-state index >= 15 is 0 Å². The highest BCUT2D eigenvalue weighted by Gasteiger charge is 2.27. The molecule has 4 rings (SSSR count). The fraction of sp³-hybridized carbons (Fsp3) is 0.118. The molecule has 3 aromatic heterocycles. The quantitative estimate of drug-likeness (QED) is 0.686. The minimum absolute atomic E-state index is 0.236. The largest absolute Gasteiger partial charge is 0.463 e. The van der Waals surface area contributed by atoms with Crippen molar-refractivity contribution >= 4 is 44.6 Å². The van der Waals surface area contributed by atoms with Gasteiger partial charge in [-0.1, -0.05) is 0 Å². The number of nitrogens with zero attached hydrogens (tertiary/aromatic N) is 3. The summed E-state index contributed by atoms with van der Waals surface area (Å²) in [5, 5.41) is 5.38. The molecule has 0 amide bonds. The lowest BCUT2D eigenvalue weighted by Crippen LogP contribution is -2.19. The summed E-state index contributed by atoms with van der Waals surface area (Å²) < 4.78 is 6.65. The van der Waals surface area contributed by atoms with Crippen LogP contribution in [0.15, 0.2) is 67.0 Å². The maximum Gasteiger partial charge on any atom is 0.152 e. The number of hydrogen-bond acceptors (Lipinski definition) is 5. The Labute approximate surface area is 151 Å². The van der Waals surface area contributed by atoms with E-state index in [1.54, 1.807) is 30.8 Å². The summed E-state index contributed by atoms with van der Waals surface area (Å²) in [6, 6.07) is 9.47. The smallest absolute Gasteiger partial charge is 0.152 e. The van der Waals surface area contributed by atoms with Crippen LogP contribution in [0, 0.1) is 0 Å². The topological polar surface area (TPSA) is 62.8 Å². The molecule has 5 nitrogen and oxygen atoms in total. The molecule has 0 radical (unpaired) electrons. The van der Waals surface area contributed by atoms with Crippen molar-refractivity contribution in [2.45, 2.75) is 6.04 Å². The van der Waals surface area contributed by atoms with E-state index in [9.17, 15) is 0 Å². The maximum atomic E-state index is 5.61. The van der Waals surface area contributed by atoms with E-state index in [4.69, 9.17) is 9.41 Å². The van der Waals surface area contributed by atoms with E-state index in [0.29, 0.717) is 5.76 Å². The molecule has 1 aliphatic rings. The van der Waals surface area contributed by atoms with Crippen molar-refractivity contribution < 1.29 is 4.42 Å². The number of halogens is 1. The summed E-state index contributed by atoms with van der Waals surface area (Å²) in [6.07, 6.45) is 3.40. The predicted molar refractivity (Wildman–Crippen MR) is 100 cm³/mol. The Morgan fingerprint density at radius 1 is 1.33 bits per heavy atom. The maximum absolute atomic E-state index is 5.61. The van der Waals surface area contributed by atoms with Gasteiger partial charge in [-0.05, 0) is 46.3 Å². The molecular weight excluding hydrogens is 388 g/mol. The number of rotatable bonds is 2. The van der Waals surface area contributed by atoms with Gasteiger partial charge in [-0.25, -0.2) is 4.98 Å². The zero-order chi connectivity index (χ0) is 16.5. The van der Waals surface area contributed by atoms with Gasteiger partial charge >= 0.3 is 0 Å². The third-order valence-electron chi connectivity index (χ3n) is 3.68. The van der Waals surface area contributed by atoms with Gasteiger partial charge in [0.05, 0.1) is 6.26 Å². The van der Waals surface area contributed by atoms with E-state index in [2.05, 4.69) is 37.3 Å². The van der Waals surface area contributed by atoms with Gasteiger partial charge in [-0.3, -0.25) is 9.98 Å². The molecular formula is C17H13BrN4OS. The normalized spacial score (nSPS) is 18.7. The van der Waals surface area contributed by atoms with Gasteiger partial charge in [0.25, 0.3) is 0 Å². The van der Waals surface area contributed by atoms with E-state index < -0.39 is 0 Å². The molecule has 1 aliphatic heterocycles. The number of anilines is 1. The van der Waals surface area contributed by atoms with Crippen molar-refractivity contribution in [2.24, 2.45) is 9.98 Å². The Balaban J connectivity index is 1.94. The van der Waals surface area contributed by atoms with Crippen molar-refractivity contribution in [3.63, 3.8) is 0 Å². The minimum Gasteiger partial charge on any atom is -0.463 e. The first-order valence-corrected chi connectivity index (χ1v) is 8.98. The Bertz CT molecular complexity index is 930. The molecule has 1 N–H and O–H groups in total. The third kappa shape index (κ3) is 2.70. The lowest BCUT2D eigenvalue weighted by molar-refractivity contribution is 0.557. The monoisotopic (exact) mass is 400 g/mol. The molecule has 3 aromatic rings. The Morgan fingerprint density at radius 3 is 2.96 bits per heavy atom. The van der Waals surface area contributed by atoms with Gasteiger partial charge in [0.2, 0.25) is 0 Å². The number of furan rings is 1. The van der Waals surface area contributed by atoms with Gasteiger partial charge in [0, 0.05) is 33.5 Å². The second-order valence-corrected chi connectivity index (χ2v) is 7.02. The Kier molecular flexibility index (Phi) is 4.03. The van der Waals surface area contributed by atoms with Crippen LogP contribution in [-0.4, -0.2) is 23.6 Å². The molecule has 7 heteroatoms. The van der Waals surface area contributed by atoms with Crippen molar-refractivity contribution in [1.29, 1.82) is 0 Å². The number of aromatic nitrogens is 1. The molecule has 0 spiro atoms. The zero-order valence-electron chi connectivity index (χ0n) is 12.7. The molecule has 1 unspecified atom stereocenters. The number of amidine groups is 1. The van der Waals surface area contributed by atoms with Crippen LogP contribution < -0.4 is 5.32 Å². The van der Waals surface area contributed by atoms with Gasteiger partial charge in [0.15, 0.2) is 5.76 Å². The summed E-state index contributed by atoms with van der Waals surface area (Å²) >= 11 is 5.15. The highest BCUT2D eigenvalue weighted by atomic mass is 79.9. The average Bonchev–Trinajstić information content (AvgIpc) is 3.24. The van der Waals surface area contributed by atoms with Crippen LogP contribution in [0.2, 0.25) is 0 Å². The highest BCUT2D eigenvalue weighted by molar-refractivity contribution is 9.10. The molecule has 0 bridgehead atoms. The van der Waals surface area contributed by atoms with Crippen LogP contribution in [0.25, 0.3) is 0 Å². The van der Waals surface area contributed by atoms with Crippen molar-refractivity contribution in [3.8, 4) is 0 Å². The minimum atomic E-state index is -0.236. The number of thiophene rings is 1. The summed E-state index contributed by atoms with van der Waals surface area (Å²) in [4.78, 5) is 14.9. The van der Waals surface area contributed by atoms with Crippen LogP contribution >= 0.6 is 27.3 Å². The third-order valence-corrected chi connectivity index (χ3v) is 5.43. The van der Waals surface area contributed by atoms with Crippen molar-refractivity contribution in [1.82, 2.24) is 4.98 Å². The van der Waals surface area contributed by atoms with E-state index in [-0.39, 0.29) is 6.04 Å². The number of nitrogens with one attached hydrogen (secondary N) is 1. The molecule has 0 fully saturated rings. The van der Waals surface area contributed by atoms with E-state index in [1.807, 2.05) is 29.6 Å². The first kappa shape index (κ1) is 15.3. The van der Waals surface area contributed by atoms with Crippen LogP contribution in [0.3, 0.4) is 0 Å². The predicted octanol–water partition coefficient (Wildman–Crippen LogP) is 4.53. The van der Waals surface area contributed by atoms with E-state index in [0.717, 1.165) is 32.3 Å². The molecule has 120 valence electrons. The fourth-order valence-electron chi connectivity index (χ4n) is 2.60. The lowest BCUT2D eigenvalue weighted by Gasteiger charge is -2.13. The summed E-state index contributed by atoms with van der Waals surface area (Å²) in [6.45, 7) is 0. The van der Waals surface area contributed by atoms with Gasteiger partial charge in [0.1, 0.15) is 23.4 Å². The van der Waals surface area contributed by atoms with Crippen LogP contribution in [0.1, 0.15) is 22.2 Å². The van der Waals surface area contributed by atoms with Crippen LogP contribution in [0.5, 0.6) is 0 Å². The van der Waals surface area contributed by atoms with Gasteiger partial charge in [-0.2, -0.15) is 0 Å². The number of pyridine rings is 1. The molecule has 0 aromatic carbocycles. The van der Waals surface area contributed by atoms with Crippen LogP contribution in [-0.2, 0) is 0 Å². The van der Waals surface area contributed by atoms with Crippen molar-refractivity contribution in [2.75, 3.05) is 12.4 Å². The molecule has 4 heterocycles. The average molecular weight is 401 g/mol. The Morgan fingerprint density at radius 2 is 2.25 bits per heavy atom. The summed E-state index contributed by atoms with van der Waals surface area (Å²) in [5.74, 6) is 2.20. The SMILES string of the molecule is CN=C1Nc2ncccc2C(c2ccco2)=NC1c1cc(Br)cs1. The highest BCUT2D eigenvalue weighted by Crippen LogP contribution is 2.33. The fourth-order valence-corrected chi connectivity index (χ4v) is 4.09. The number of hydrogen-bond donors (Lipinski definition) is 1. The van der Waals surface area contributed by atoms with Crippen molar-refractivity contribution in [3.05, 3.63) is 68.8 Å². The second kappa shape index (κ2) is 6.33. The Hall–Kier alpha value is -2.25. The second-order valence-electron chi connectivity index (χ2n) is 5.16. The number of fused-ring (bicyclic) bond motifs is 1. The lowest BCUT2D eigenvalue weighted by atomic mass is 10.1. The first-order valence-electron chi connectivity index (χ1n) is 7.31.